The van der Waals surface area contributed by atoms with Crippen molar-refractivity contribution in [1.82, 2.24) is 9.55 Å². The van der Waals surface area contributed by atoms with Crippen LogP contribution in [0.2, 0.25) is 5.02 Å². The summed E-state index contributed by atoms with van der Waals surface area (Å²) in [6.07, 6.45) is 1.06. The van der Waals surface area contributed by atoms with Gasteiger partial charge >= 0.3 is 0 Å². The molecule has 2 aromatic heterocycles. The van der Waals surface area contributed by atoms with Crippen molar-refractivity contribution >= 4 is 46.1 Å². The van der Waals surface area contributed by atoms with Gasteiger partial charge in [0.25, 0.3) is 16.9 Å². The number of nitrogens with zero attached hydrogens (tertiary/aromatic N) is 3. The van der Waals surface area contributed by atoms with E-state index >= 15 is 0 Å². The molecule has 2 aliphatic heterocycles. The lowest BCUT2D eigenvalue weighted by atomic mass is 9.83. The van der Waals surface area contributed by atoms with E-state index in [9.17, 15) is 4.79 Å². The van der Waals surface area contributed by atoms with Crippen molar-refractivity contribution < 1.29 is 4.42 Å². The molecule has 0 N–H and O–H groups in total. The maximum Gasteiger partial charge on any atom is 0.262 e. The Bertz CT molecular complexity index is 1910. The van der Waals surface area contributed by atoms with Crippen LogP contribution < -0.4 is 31.8 Å². The molecule has 4 aromatic carbocycles. The molecular formula is C38H32ClN3O2P+. The zero-order valence-corrected chi connectivity index (χ0v) is 26.3. The molecule has 1 fully saturated rings. The maximum atomic E-state index is 12.8. The first-order valence-corrected chi connectivity index (χ1v) is 17.6. The number of oxazole rings is 1. The summed E-state index contributed by atoms with van der Waals surface area (Å²) < 4.78 is 8.94. The predicted molar refractivity (Wildman–Crippen MR) is 185 cm³/mol. The summed E-state index contributed by atoms with van der Waals surface area (Å²) in [4.78, 5) is 20.7. The van der Waals surface area contributed by atoms with Gasteiger partial charge in [0.1, 0.15) is 15.9 Å². The normalized spacial score (nSPS) is 17.6. The summed E-state index contributed by atoms with van der Waals surface area (Å²) in [6.45, 7) is 2.25. The number of hydrogen-bond acceptors (Lipinski definition) is 4. The summed E-state index contributed by atoms with van der Waals surface area (Å²) in [5.74, 6) is 1.94. The quantitative estimate of drug-likeness (QED) is 0.200. The Morgan fingerprint density at radius 1 is 0.689 bits per heavy atom. The molecule has 7 heteroatoms. The number of benzene rings is 4. The van der Waals surface area contributed by atoms with E-state index in [-0.39, 0.29) is 11.5 Å². The zero-order valence-electron chi connectivity index (χ0n) is 24.7. The van der Waals surface area contributed by atoms with Crippen LogP contribution in [-0.2, 0) is 6.54 Å². The predicted octanol–water partition coefficient (Wildman–Crippen LogP) is 6.40. The van der Waals surface area contributed by atoms with E-state index in [0.717, 1.165) is 42.1 Å². The fourth-order valence-corrected chi connectivity index (χ4v) is 11.6. The smallest absolute Gasteiger partial charge is 0.262 e. The third kappa shape index (κ3) is 4.82. The lowest BCUT2D eigenvalue weighted by molar-refractivity contribution is 0.275. The third-order valence-corrected chi connectivity index (χ3v) is 13.6. The highest BCUT2D eigenvalue weighted by Gasteiger charge is 2.54. The van der Waals surface area contributed by atoms with Crippen molar-refractivity contribution in [2.24, 2.45) is 5.92 Å². The molecule has 0 spiro atoms. The number of pyridine rings is 1. The van der Waals surface area contributed by atoms with Crippen molar-refractivity contribution in [2.75, 3.05) is 18.0 Å². The molecule has 1 saturated heterocycles. The Kier molecular flexibility index (Phi) is 7.16. The second-order valence-corrected chi connectivity index (χ2v) is 15.7. The van der Waals surface area contributed by atoms with Crippen molar-refractivity contribution in [3.8, 4) is 11.5 Å². The van der Waals surface area contributed by atoms with Crippen LogP contribution in [0.5, 0.6) is 0 Å². The van der Waals surface area contributed by atoms with Gasteiger partial charge in [-0.2, -0.15) is 4.98 Å². The lowest BCUT2D eigenvalue weighted by Gasteiger charge is -2.42. The van der Waals surface area contributed by atoms with Gasteiger partial charge in [-0.25, -0.2) is 0 Å². The average Bonchev–Trinajstić information content (AvgIpc) is 3.53. The fraction of sp³-hybridized carbons (Fsp3) is 0.158. The summed E-state index contributed by atoms with van der Waals surface area (Å²) in [5.41, 5.74) is 3.04. The lowest BCUT2D eigenvalue weighted by Crippen LogP contribution is -2.49. The first-order valence-electron chi connectivity index (χ1n) is 15.4. The van der Waals surface area contributed by atoms with E-state index in [2.05, 4.69) is 102 Å². The van der Waals surface area contributed by atoms with Gasteiger partial charge in [0.05, 0.1) is 0 Å². The minimum absolute atomic E-state index is 0.0863. The summed E-state index contributed by atoms with van der Waals surface area (Å²) in [5, 5.41) is 4.32. The Hall–Kier alpha value is -4.44. The van der Waals surface area contributed by atoms with Gasteiger partial charge in [0.15, 0.2) is 7.26 Å². The molecule has 222 valence electrons. The molecule has 0 saturated carbocycles. The van der Waals surface area contributed by atoms with E-state index in [1.165, 1.54) is 15.9 Å². The highest BCUT2D eigenvalue weighted by atomic mass is 35.5. The number of halogens is 1. The number of rotatable bonds is 6. The SMILES string of the molecule is O=c1cccc2n1C[C@H]1C[C@@H]2CN(c2oc(-c3ccc(Cl)cc3)nc2[P+](c2ccccc2)(c2ccccc2)c2ccccc2)C1. The van der Waals surface area contributed by atoms with E-state index in [0.29, 0.717) is 23.4 Å². The van der Waals surface area contributed by atoms with Gasteiger partial charge in [-0.1, -0.05) is 72.3 Å². The first-order chi connectivity index (χ1) is 22.1. The topological polar surface area (TPSA) is 51.3 Å². The molecule has 8 rings (SSSR count). The zero-order chi connectivity index (χ0) is 30.4. The van der Waals surface area contributed by atoms with E-state index in [1.54, 1.807) is 6.07 Å². The van der Waals surface area contributed by atoms with Gasteiger partial charge in [-0.05, 0) is 79.1 Å². The monoisotopic (exact) mass is 628 g/mol. The van der Waals surface area contributed by atoms with Crippen molar-refractivity contribution in [2.45, 2.75) is 18.9 Å². The molecule has 6 aromatic rings. The summed E-state index contributed by atoms with van der Waals surface area (Å²) in [7, 11) is -2.55. The van der Waals surface area contributed by atoms with Crippen molar-refractivity contribution in [3.05, 3.63) is 155 Å². The molecule has 4 heterocycles. The molecule has 2 bridgehead atoms. The largest absolute Gasteiger partial charge is 0.416 e. The second kappa shape index (κ2) is 11.5. The number of aromatic nitrogens is 2. The highest BCUT2D eigenvalue weighted by Crippen LogP contribution is 2.56. The molecule has 0 aliphatic carbocycles. The van der Waals surface area contributed by atoms with Crippen LogP contribution in [0.15, 0.2) is 143 Å². The molecule has 2 atom stereocenters. The Morgan fingerprint density at radius 3 is 1.89 bits per heavy atom. The van der Waals surface area contributed by atoms with Crippen LogP contribution in [-0.4, -0.2) is 22.6 Å². The molecule has 0 unspecified atom stereocenters. The van der Waals surface area contributed by atoms with Crippen LogP contribution >= 0.6 is 18.9 Å². The van der Waals surface area contributed by atoms with Crippen molar-refractivity contribution in [3.63, 3.8) is 0 Å². The standard InChI is InChI=1S/C38H32ClN3O2P/c39-30-21-19-28(20-22-30)36-40-37(38(44-36)41-24-27-23-29(26-41)34-17-10-18-35(43)42(34)25-27)45(31-11-4-1-5-12-31,32-13-6-2-7-14-32)33-15-8-3-9-16-33/h1-22,27,29H,23-26H2/q+1/t27-,29+/m0/s1. The second-order valence-electron chi connectivity index (χ2n) is 11.9. The van der Waals surface area contributed by atoms with Crippen molar-refractivity contribution in [1.29, 1.82) is 0 Å². The fourth-order valence-electron chi connectivity index (χ4n) is 7.28. The highest BCUT2D eigenvalue weighted by molar-refractivity contribution is 8.01. The number of anilines is 1. The van der Waals surface area contributed by atoms with E-state index in [4.69, 9.17) is 21.0 Å². The van der Waals surface area contributed by atoms with Gasteiger partial charge in [0, 0.05) is 47.9 Å². The van der Waals surface area contributed by atoms with Gasteiger partial charge in [0.2, 0.25) is 5.89 Å². The molecule has 0 amide bonds. The number of piperidine rings is 1. The number of hydrogen-bond donors (Lipinski definition) is 0. The summed E-state index contributed by atoms with van der Waals surface area (Å²) >= 11 is 6.30. The number of fused-ring (bicyclic) bond motifs is 4. The van der Waals surface area contributed by atoms with Gasteiger partial charge in [-0.3, -0.25) is 4.79 Å². The summed E-state index contributed by atoms with van der Waals surface area (Å²) in [6, 6.07) is 45.8. The molecule has 5 nitrogen and oxygen atoms in total. The van der Waals surface area contributed by atoms with Gasteiger partial charge < -0.3 is 13.9 Å². The maximum absolute atomic E-state index is 12.8. The van der Waals surface area contributed by atoms with Crippen LogP contribution in [0.4, 0.5) is 5.88 Å². The first kappa shape index (κ1) is 28.1. The minimum Gasteiger partial charge on any atom is -0.416 e. The molecule has 0 radical (unpaired) electrons. The van der Waals surface area contributed by atoms with E-state index in [1.807, 2.05) is 34.9 Å². The minimum atomic E-state index is -2.55. The molecular weight excluding hydrogens is 597 g/mol. The average molecular weight is 629 g/mol. The van der Waals surface area contributed by atoms with E-state index < -0.39 is 7.26 Å². The Balaban J connectivity index is 1.39. The Labute approximate surface area is 268 Å². The third-order valence-electron chi connectivity index (χ3n) is 9.20. The van der Waals surface area contributed by atoms with Crippen LogP contribution in [0.25, 0.3) is 11.5 Å². The molecule has 45 heavy (non-hydrogen) atoms. The molecule has 2 aliphatic rings. The van der Waals surface area contributed by atoms with Gasteiger partial charge in [-0.15, -0.1) is 0 Å². The van der Waals surface area contributed by atoms with Crippen LogP contribution in [0.3, 0.4) is 0 Å². The Morgan fingerprint density at radius 2 is 1.29 bits per heavy atom. The van der Waals surface area contributed by atoms with Crippen LogP contribution in [0.1, 0.15) is 18.0 Å². The van der Waals surface area contributed by atoms with Crippen LogP contribution in [0, 0.1) is 5.92 Å².